The van der Waals surface area contributed by atoms with Gasteiger partial charge >= 0.3 is 0 Å². The number of aliphatic hydroxyl groups is 2. The number of nitrogens with one attached hydrogen (secondary N) is 1. The fourth-order valence-electron chi connectivity index (χ4n) is 3.74. The van der Waals surface area contributed by atoms with Crippen molar-refractivity contribution in [1.29, 1.82) is 0 Å². The second-order valence-corrected chi connectivity index (χ2v) is 6.82. The van der Waals surface area contributed by atoms with Gasteiger partial charge in [0.15, 0.2) is 17.0 Å². The Labute approximate surface area is 155 Å². The molecule has 4 rings (SSSR count). The fraction of sp³-hybridized carbons (Fsp3) is 0.368. The Hall–Kier alpha value is -2.84. The molecular formula is C19H21N5O3. The molecule has 3 N–H and O–H groups in total. The number of rotatable bonds is 4. The molecule has 2 aromatic heterocycles. The summed E-state index contributed by atoms with van der Waals surface area (Å²) in [6.07, 6.45) is 2.71. The number of carbonyl (C=O) groups excluding carboxylic acids is 1. The average molecular weight is 367 g/mol. The monoisotopic (exact) mass is 367 g/mol. The number of benzene rings is 1. The Morgan fingerprint density at radius 1 is 1.19 bits per heavy atom. The van der Waals surface area contributed by atoms with Gasteiger partial charge in [0.1, 0.15) is 12.4 Å². The number of fused-ring (bicyclic) bond motifs is 1. The molecule has 0 saturated heterocycles. The maximum atomic E-state index is 12.4. The van der Waals surface area contributed by atoms with Crippen molar-refractivity contribution in [3.8, 4) is 0 Å². The van der Waals surface area contributed by atoms with E-state index in [1.165, 1.54) is 6.33 Å². The van der Waals surface area contributed by atoms with Crippen LogP contribution < -0.4 is 5.32 Å². The van der Waals surface area contributed by atoms with E-state index in [1.807, 2.05) is 13.0 Å². The molecule has 1 saturated carbocycles. The van der Waals surface area contributed by atoms with E-state index in [1.54, 1.807) is 35.2 Å². The van der Waals surface area contributed by atoms with Crippen LogP contribution in [0.2, 0.25) is 0 Å². The number of anilines is 1. The normalized spacial score (nSPS) is 25.0. The molecule has 1 aliphatic rings. The van der Waals surface area contributed by atoms with E-state index in [2.05, 4.69) is 20.3 Å². The van der Waals surface area contributed by atoms with Crippen LogP contribution in [0.3, 0.4) is 0 Å². The summed E-state index contributed by atoms with van der Waals surface area (Å²) in [5, 5.41) is 23.4. The van der Waals surface area contributed by atoms with Crippen molar-refractivity contribution >= 4 is 22.9 Å². The Balaban J connectivity index is 1.65. The first kappa shape index (κ1) is 17.6. The van der Waals surface area contributed by atoms with Crippen LogP contribution >= 0.6 is 0 Å². The fourth-order valence-corrected chi connectivity index (χ4v) is 3.74. The maximum absolute atomic E-state index is 12.4. The lowest BCUT2D eigenvalue weighted by Crippen LogP contribution is -2.29. The van der Waals surface area contributed by atoms with E-state index in [0.29, 0.717) is 29.0 Å². The molecule has 1 fully saturated rings. The van der Waals surface area contributed by atoms with Crippen LogP contribution in [0, 0.1) is 5.92 Å². The molecule has 8 nitrogen and oxygen atoms in total. The lowest BCUT2D eigenvalue weighted by Gasteiger charge is -2.18. The van der Waals surface area contributed by atoms with Gasteiger partial charge < -0.3 is 20.1 Å². The van der Waals surface area contributed by atoms with Gasteiger partial charge in [-0.15, -0.1) is 0 Å². The van der Waals surface area contributed by atoms with Gasteiger partial charge in [-0.3, -0.25) is 4.79 Å². The zero-order chi connectivity index (χ0) is 19.0. The minimum atomic E-state index is -0.885. The molecule has 4 atom stereocenters. The molecule has 1 aliphatic carbocycles. The third-order valence-corrected chi connectivity index (χ3v) is 5.28. The van der Waals surface area contributed by atoms with E-state index < -0.39 is 12.2 Å². The lowest BCUT2D eigenvalue weighted by atomic mass is 10.0. The highest BCUT2D eigenvalue weighted by Gasteiger charge is 2.42. The zero-order valence-corrected chi connectivity index (χ0v) is 14.9. The van der Waals surface area contributed by atoms with Crippen LogP contribution in [0.15, 0.2) is 43.0 Å². The first-order chi connectivity index (χ1) is 13.1. The number of aliphatic hydroxyl groups excluding tert-OH is 2. The summed E-state index contributed by atoms with van der Waals surface area (Å²) in [4.78, 5) is 25.2. The molecule has 0 radical (unpaired) electrons. The predicted molar refractivity (Wildman–Crippen MR) is 99.2 cm³/mol. The Bertz CT molecular complexity index is 958. The minimum Gasteiger partial charge on any atom is -0.390 e. The molecular weight excluding hydrogens is 346 g/mol. The van der Waals surface area contributed by atoms with E-state index >= 15 is 0 Å². The summed E-state index contributed by atoms with van der Waals surface area (Å²) >= 11 is 0. The minimum absolute atomic E-state index is 0.0292. The molecule has 8 heteroatoms. The van der Waals surface area contributed by atoms with Crippen LogP contribution in [-0.4, -0.2) is 47.8 Å². The summed E-state index contributed by atoms with van der Waals surface area (Å²) in [5.74, 6) is 0.0572. The van der Waals surface area contributed by atoms with Gasteiger partial charge in [0.25, 0.3) is 5.91 Å². The summed E-state index contributed by atoms with van der Waals surface area (Å²) in [6.45, 7) is 1.99. The third kappa shape index (κ3) is 3.07. The van der Waals surface area contributed by atoms with E-state index in [9.17, 15) is 15.0 Å². The van der Waals surface area contributed by atoms with Gasteiger partial charge in [0, 0.05) is 5.56 Å². The second kappa shape index (κ2) is 7.05. The molecule has 27 heavy (non-hydrogen) atoms. The molecule has 0 unspecified atom stereocenters. The number of amides is 1. The number of nitrogens with zero attached hydrogens (tertiary/aromatic N) is 4. The van der Waals surface area contributed by atoms with Gasteiger partial charge in [0.05, 0.1) is 18.5 Å². The van der Waals surface area contributed by atoms with Crippen molar-refractivity contribution in [3.05, 3.63) is 48.5 Å². The predicted octanol–water partition coefficient (Wildman–Crippen LogP) is 1.77. The molecule has 1 aromatic carbocycles. The molecule has 0 bridgehead atoms. The van der Waals surface area contributed by atoms with Gasteiger partial charge in [-0.2, -0.15) is 0 Å². The van der Waals surface area contributed by atoms with Crippen molar-refractivity contribution in [2.24, 2.45) is 5.92 Å². The lowest BCUT2D eigenvalue weighted by molar-refractivity contribution is 0.00612. The first-order valence-corrected chi connectivity index (χ1v) is 9.00. The van der Waals surface area contributed by atoms with Crippen LogP contribution in [0.1, 0.15) is 36.2 Å². The number of hydrogen-bond acceptors (Lipinski definition) is 6. The number of imidazole rings is 1. The second-order valence-electron chi connectivity index (χ2n) is 6.82. The highest BCUT2D eigenvalue weighted by molar-refractivity contribution is 6.06. The van der Waals surface area contributed by atoms with E-state index in [4.69, 9.17) is 0 Å². The van der Waals surface area contributed by atoms with Crippen LogP contribution in [0.5, 0.6) is 0 Å². The van der Waals surface area contributed by atoms with E-state index in [-0.39, 0.29) is 17.9 Å². The highest BCUT2D eigenvalue weighted by atomic mass is 16.3. The molecule has 0 spiro atoms. The molecule has 1 amide bonds. The smallest absolute Gasteiger partial charge is 0.256 e. The standard InChI is InChI=1S/C19H21N5O3/c1-2-11-8-13(16(26)15(11)25)24-10-22-14-17(20-9-21-18(14)24)23-19(27)12-6-4-3-5-7-12/h3-7,9-11,13,15-16,25-26H,2,8H2,1H3,(H,20,21,23,27)/t11-,13+,15+,16-/m0/s1. The van der Waals surface area contributed by atoms with Gasteiger partial charge in [-0.25, -0.2) is 15.0 Å². The van der Waals surface area contributed by atoms with Crippen LogP contribution in [-0.2, 0) is 0 Å². The Kier molecular flexibility index (Phi) is 4.59. The van der Waals surface area contributed by atoms with Crippen molar-refractivity contribution < 1.29 is 15.0 Å². The van der Waals surface area contributed by atoms with Gasteiger partial charge in [-0.1, -0.05) is 31.5 Å². The Morgan fingerprint density at radius 3 is 2.67 bits per heavy atom. The SMILES string of the molecule is CC[C@H]1C[C@@H](n2cnc3c(NC(=O)c4ccccc4)ncnc32)[C@H](O)[C@@H]1O. The molecule has 2 heterocycles. The number of hydrogen-bond donors (Lipinski definition) is 3. The summed E-state index contributed by atoms with van der Waals surface area (Å²) < 4.78 is 1.76. The molecule has 0 aliphatic heterocycles. The van der Waals surface area contributed by atoms with Crippen molar-refractivity contribution in [3.63, 3.8) is 0 Å². The van der Waals surface area contributed by atoms with Gasteiger partial charge in [0.2, 0.25) is 0 Å². The third-order valence-electron chi connectivity index (χ3n) is 5.28. The number of carbonyl (C=O) groups is 1. The van der Waals surface area contributed by atoms with Crippen molar-refractivity contribution in [2.75, 3.05) is 5.32 Å². The Morgan fingerprint density at radius 2 is 1.96 bits per heavy atom. The first-order valence-electron chi connectivity index (χ1n) is 9.00. The maximum Gasteiger partial charge on any atom is 0.256 e. The highest BCUT2D eigenvalue weighted by Crippen LogP contribution is 2.38. The summed E-state index contributed by atoms with van der Waals surface area (Å²) in [7, 11) is 0. The largest absolute Gasteiger partial charge is 0.390 e. The summed E-state index contributed by atoms with van der Waals surface area (Å²) in [6, 6.07) is 8.53. The number of aromatic nitrogens is 4. The molecule has 3 aromatic rings. The van der Waals surface area contributed by atoms with E-state index in [0.717, 1.165) is 6.42 Å². The molecule has 140 valence electrons. The van der Waals surface area contributed by atoms with Crippen LogP contribution in [0.25, 0.3) is 11.2 Å². The quantitative estimate of drug-likeness (QED) is 0.648. The van der Waals surface area contributed by atoms with Gasteiger partial charge in [-0.05, 0) is 24.5 Å². The zero-order valence-electron chi connectivity index (χ0n) is 14.9. The van der Waals surface area contributed by atoms with Crippen molar-refractivity contribution in [1.82, 2.24) is 19.5 Å². The van der Waals surface area contributed by atoms with Crippen molar-refractivity contribution in [2.45, 2.75) is 38.0 Å². The summed E-state index contributed by atoms with van der Waals surface area (Å²) in [5.41, 5.74) is 1.48. The topological polar surface area (TPSA) is 113 Å². The average Bonchev–Trinajstić information content (AvgIpc) is 3.25. The van der Waals surface area contributed by atoms with Crippen LogP contribution in [0.4, 0.5) is 5.82 Å².